The molecular formula is C13H13NO2. The third-order valence-corrected chi connectivity index (χ3v) is 2.28. The van der Waals surface area contributed by atoms with Gasteiger partial charge < -0.3 is 15.5 Å². The maximum Gasteiger partial charge on any atom is 0.139 e. The van der Waals surface area contributed by atoms with Crippen LogP contribution in [0.25, 0.3) is 0 Å². The molecule has 0 amide bonds. The van der Waals surface area contributed by atoms with Crippen LogP contribution in [0.1, 0.15) is 5.56 Å². The summed E-state index contributed by atoms with van der Waals surface area (Å²) in [6.45, 7) is 1.91. The Morgan fingerprint density at radius 3 is 2.50 bits per heavy atom. The second-order valence-electron chi connectivity index (χ2n) is 3.70. The summed E-state index contributed by atoms with van der Waals surface area (Å²) in [5.41, 5.74) is 2.36. The lowest BCUT2D eigenvalue weighted by Gasteiger charge is -2.09. The van der Waals surface area contributed by atoms with E-state index in [0.717, 1.165) is 11.3 Å². The maximum absolute atomic E-state index is 9.70. The molecule has 3 N–H and O–H groups in total. The molecule has 0 aliphatic carbocycles. The molecule has 0 aliphatic heterocycles. The minimum Gasteiger partial charge on any atom is -0.508 e. The van der Waals surface area contributed by atoms with Gasteiger partial charge in [0.2, 0.25) is 0 Å². The van der Waals surface area contributed by atoms with Crippen molar-refractivity contribution in [2.45, 2.75) is 6.92 Å². The van der Waals surface area contributed by atoms with Crippen LogP contribution >= 0.6 is 0 Å². The highest BCUT2D eigenvalue weighted by molar-refractivity contribution is 5.67. The lowest BCUT2D eigenvalue weighted by atomic mass is 10.2. The molecule has 0 unspecified atom stereocenters. The van der Waals surface area contributed by atoms with Gasteiger partial charge in [0, 0.05) is 11.8 Å². The van der Waals surface area contributed by atoms with Gasteiger partial charge in [0.05, 0.1) is 5.69 Å². The molecule has 0 saturated carbocycles. The molecule has 2 rings (SSSR count). The van der Waals surface area contributed by atoms with Gasteiger partial charge in [0.1, 0.15) is 11.5 Å². The van der Waals surface area contributed by atoms with Crippen molar-refractivity contribution in [2.75, 3.05) is 5.32 Å². The number of hydrogen-bond donors (Lipinski definition) is 3. The Kier molecular flexibility index (Phi) is 2.68. The Bertz CT molecular complexity index is 509. The highest BCUT2D eigenvalue weighted by atomic mass is 16.3. The molecule has 16 heavy (non-hydrogen) atoms. The first-order valence-corrected chi connectivity index (χ1v) is 5.01. The molecule has 0 aromatic heterocycles. The predicted octanol–water partition coefficient (Wildman–Crippen LogP) is 3.15. The Balaban J connectivity index is 2.27. The Morgan fingerprint density at radius 2 is 1.81 bits per heavy atom. The van der Waals surface area contributed by atoms with Crippen LogP contribution < -0.4 is 5.32 Å². The van der Waals surface area contributed by atoms with Gasteiger partial charge in [-0.25, -0.2) is 0 Å². The van der Waals surface area contributed by atoms with E-state index in [1.807, 2.05) is 19.1 Å². The topological polar surface area (TPSA) is 52.5 Å². The van der Waals surface area contributed by atoms with Gasteiger partial charge in [0.15, 0.2) is 0 Å². The van der Waals surface area contributed by atoms with Crippen LogP contribution in [0.2, 0.25) is 0 Å². The van der Waals surface area contributed by atoms with E-state index in [-0.39, 0.29) is 11.5 Å². The van der Waals surface area contributed by atoms with Crippen molar-refractivity contribution in [3.05, 3.63) is 48.0 Å². The fourth-order valence-electron chi connectivity index (χ4n) is 1.49. The molecule has 82 valence electrons. The van der Waals surface area contributed by atoms with E-state index < -0.39 is 0 Å². The molecule has 3 heteroatoms. The normalized spacial score (nSPS) is 10.1. The number of phenols is 2. The zero-order chi connectivity index (χ0) is 11.5. The van der Waals surface area contributed by atoms with Gasteiger partial charge >= 0.3 is 0 Å². The summed E-state index contributed by atoms with van der Waals surface area (Å²) < 4.78 is 0. The molecule has 0 spiro atoms. The first-order chi connectivity index (χ1) is 7.65. The first-order valence-electron chi connectivity index (χ1n) is 5.01. The molecule has 0 bridgehead atoms. The van der Waals surface area contributed by atoms with Crippen LogP contribution in [0.3, 0.4) is 0 Å². The Hall–Kier alpha value is -2.16. The highest BCUT2D eigenvalue weighted by Crippen LogP contribution is 2.28. The molecule has 3 nitrogen and oxygen atoms in total. The largest absolute Gasteiger partial charge is 0.508 e. The van der Waals surface area contributed by atoms with Crippen LogP contribution in [0, 0.1) is 6.92 Å². The van der Waals surface area contributed by atoms with Crippen molar-refractivity contribution in [3.8, 4) is 11.5 Å². The molecule has 0 atom stereocenters. The molecule has 0 saturated heterocycles. The molecule has 0 heterocycles. The second kappa shape index (κ2) is 4.14. The average Bonchev–Trinajstić information content (AvgIpc) is 2.22. The number of aromatic hydroxyl groups is 2. The number of phenolic OH excluding ortho intramolecular Hbond substituents is 2. The van der Waals surface area contributed by atoms with Gasteiger partial charge in [-0.15, -0.1) is 0 Å². The van der Waals surface area contributed by atoms with Crippen LogP contribution in [0.4, 0.5) is 11.4 Å². The lowest BCUT2D eigenvalue weighted by molar-refractivity contribution is 0.474. The summed E-state index contributed by atoms with van der Waals surface area (Å²) in [7, 11) is 0. The zero-order valence-corrected chi connectivity index (χ0v) is 8.94. The molecule has 2 aromatic rings. The van der Waals surface area contributed by atoms with Crippen molar-refractivity contribution in [1.29, 1.82) is 0 Å². The number of nitrogens with one attached hydrogen (secondary N) is 1. The number of hydrogen-bond acceptors (Lipinski definition) is 3. The fraction of sp³-hybridized carbons (Fsp3) is 0.0769. The minimum atomic E-state index is 0.191. The van der Waals surface area contributed by atoms with E-state index in [4.69, 9.17) is 0 Å². The second-order valence-corrected chi connectivity index (χ2v) is 3.70. The van der Waals surface area contributed by atoms with Crippen molar-refractivity contribution in [3.63, 3.8) is 0 Å². The Labute approximate surface area is 94.0 Å². The summed E-state index contributed by atoms with van der Waals surface area (Å²) in [6.07, 6.45) is 0. The smallest absolute Gasteiger partial charge is 0.139 e. The maximum atomic E-state index is 9.70. The average molecular weight is 215 g/mol. The van der Waals surface area contributed by atoms with Gasteiger partial charge in [0.25, 0.3) is 0 Å². The van der Waals surface area contributed by atoms with E-state index >= 15 is 0 Å². The standard InChI is InChI=1S/C13H13NO2/c1-9-5-6-12(13(16)7-9)14-10-3-2-4-11(15)8-10/h2-8,14-16H,1H3. The molecule has 2 aromatic carbocycles. The molecule has 0 radical (unpaired) electrons. The SMILES string of the molecule is Cc1ccc(Nc2cccc(O)c2)c(O)c1. The summed E-state index contributed by atoms with van der Waals surface area (Å²) in [4.78, 5) is 0. The molecular weight excluding hydrogens is 202 g/mol. The summed E-state index contributed by atoms with van der Waals surface area (Å²) in [6, 6.07) is 12.1. The lowest BCUT2D eigenvalue weighted by Crippen LogP contribution is -1.90. The number of benzene rings is 2. The van der Waals surface area contributed by atoms with E-state index in [0.29, 0.717) is 5.69 Å². The zero-order valence-electron chi connectivity index (χ0n) is 8.94. The van der Waals surface area contributed by atoms with Crippen LogP contribution in [0.5, 0.6) is 11.5 Å². The van der Waals surface area contributed by atoms with E-state index in [1.165, 1.54) is 0 Å². The van der Waals surface area contributed by atoms with Gasteiger partial charge in [-0.05, 0) is 36.8 Å². The van der Waals surface area contributed by atoms with Crippen LogP contribution in [0.15, 0.2) is 42.5 Å². The summed E-state index contributed by atoms with van der Waals surface area (Å²) in [5.74, 6) is 0.389. The van der Waals surface area contributed by atoms with E-state index in [2.05, 4.69) is 5.32 Å². The van der Waals surface area contributed by atoms with Crippen molar-refractivity contribution >= 4 is 11.4 Å². The monoisotopic (exact) mass is 215 g/mol. The van der Waals surface area contributed by atoms with Crippen LogP contribution in [-0.2, 0) is 0 Å². The first kappa shape index (κ1) is 10.4. The van der Waals surface area contributed by atoms with Gasteiger partial charge in [-0.1, -0.05) is 12.1 Å². The number of aryl methyl sites for hydroxylation is 1. The number of rotatable bonds is 2. The van der Waals surface area contributed by atoms with Crippen molar-refractivity contribution in [2.24, 2.45) is 0 Å². The van der Waals surface area contributed by atoms with Crippen LogP contribution in [-0.4, -0.2) is 10.2 Å². The van der Waals surface area contributed by atoms with Crippen molar-refractivity contribution in [1.82, 2.24) is 0 Å². The third kappa shape index (κ3) is 2.25. The van der Waals surface area contributed by atoms with E-state index in [1.54, 1.807) is 30.3 Å². The molecule has 0 aliphatic rings. The van der Waals surface area contributed by atoms with Gasteiger partial charge in [-0.2, -0.15) is 0 Å². The van der Waals surface area contributed by atoms with E-state index in [9.17, 15) is 10.2 Å². The Morgan fingerprint density at radius 1 is 1.00 bits per heavy atom. The fourth-order valence-corrected chi connectivity index (χ4v) is 1.49. The van der Waals surface area contributed by atoms with Crippen molar-refractivity contribution < 1.29 is 10.2 Å². The quantitative estimate of drug-likeness (QED) is 0.674. The number of anilines is 2. The highest BCUT2D eigenvalue weighted by Gasteiger charge is 2.01. The predicted molar refractivity (Wildman–Crippen MR) is 64.2 cm³/mol. The van der Waals surface area contributed by atoms with Gasteiger partial charge in [-0.3, -0.25) is 0 Å². The third-order valence-electron chi connectivity index (χ3n) is 2.28. The minimum absolute atomic E-state index is 0.191. The molecule has 0 fully saturated rings. The summed E-state index contributed by atoms with van der Waals surface area (Å²) in [5, 5.41) is 22.0. The summed E-state index contributed by atoms with van der Waals surface area (Å²) >= 11 is 0.